The van der Waals surface area contributed by atoms with Crippen molar-refractivity contribution in [3.05, 3.63) is 167 Å². The molecule has 0 atom stereocenters. The van der Waals surface area contributed by atoms with E-state index in [-0.39, 0.29) is 63.8 Å². The first-order valence-electron chi connectivity index (χ1n) is 24.1. The van der Waals surface area contributed by atoms with Crippen molar-refractivity contribution in [2.24, 2.45) is 0 Å². The number of rotatable bonds is 6. The van der Waals surface area contributed by atoms with Gasteiger partial charge >= 0.3 is 0 Å². The highest BCUT2D eigenvalue weighted by atomic mass is 16.3. The summed E-state index contributed by atoms with van der Waals surface area (Å²) in [5.74, 6) is 0.723. The summed E-state index contributed by atoms with van der Waals surface area (Å²) >= 11 is 0. The SMILES string of the molecule is [2H]c1nc(-c2cc(-c3cccc4c3nc(-c3cc(C(C)(C)C)cc(C(C)(C)C)c3O)n4-c3ccc(C)cc3-c3ccccc3)cc(C(C)(C)C)c2)c([2H])c(-c2c([2H])c([2H])c(C)c([2H])c2[2H])c1[2H]. The smallest absolute Gasteiger partial charge is 0.149 e. The number of aromatic hydroxyl groups is 1. The highest BCUT2D eigenvalue weighted by Gasteiger charge is 2.29. The van der Waals surface area contributed by atoms with Gasteiger partial charge in [0.05, 0.1) is 37.6 Å². The molecule has 0 saturated heterocycles. The number of hydrogen-bond donors (Lipinski definition) is 1. The number of benzene rings is 6. The summed E-state index contributed by atoms with van der Waals surface area (Å²) in [6.45, 7) is 22.7. The molecule has 0 aliphatic heterocycles. The van der Waals surface area contributed by atoms with Gasteiger partial charge in [0.25, 0.3) is 0 Å². The largest absolute Gasteiger partial charge is 0.507 e. The molecular weight excluding hydrogens is 731 g/mol. The number of pyridine rings is 1. The highest BCUT2D eigenvalue weighted by molar-refractivity contribution is 5.98. The minimum atomic E-state index is -0.453. The van der Waals surface area contributed by atoms with Crippen LogP contribution in [0.4, 0.5) is 0 Å². The first kappa shape index (κ1) is 32.6. The zero-order chi connectivity index (χ0) is 48.8. The van der Waals surface area contributed by atoms with Crippen molar-refractivity contribution < 1.29 is 14.7 Å². The molecule has 0 aliphatic rings. The van der Waals surface area contributed by atoms with E-state index >= 15 is 0 Å². The van der Waals surface area contributed by atoms with Crippen LogP contribution < -0.4 is 0 Å². The van der Waals surface area contributed by atoms with Crippen molar-refractivity contribution in [3.8, 4) is 67.5 Å². The van der Waals surface area contributed by atoms with E-state index in [0.29, 0.717) is 22.5 Å². The number of aryl methyl sites for hydroxylation is 1. The van der Waals surface area contributed by atoms with Crippen molar-refractivity contribution in [2.45, 2.75) is 92.4 Å². The predicted octanol–water partition coefficient (Wildman–Crippen LogP) is 15.0. The van der Waals surface area contributed by atoms with E-state index in [2.05, 4.69) is 127 Å². The lowest BCUT2D eigenvalue weighted by atomic mass is 9.79. The van der Waals surface area contributed by atoms with Crippen LogP contribution in [0.2, 0.25) is 0 Å². The fourth-order valence-electron chi connectivity index (χ4n) is 7.69. The molecule has 2 aromatic heterocycles. The van der Waals surface area contributed by atoms with Gasteiger partial charge in [-0.05, 0) is 112 Å². The molecule has 0 aliphatic carbocycles. The summed E-state index contributed by atoms with van der Waals surface area (Å²) in [6, 6.07) is 30.8. The molecule has 0 saturated carbocycles. The van der Waals surface area contributed by atoms with Crippen molar-refractivity contribution in [1.29, 1.82) is 0 Å². The molecule has 302 valence electrons. The Kier molecular flexibility index (Phi) is 8.19. The maximum Gasteiger partial charge on any atom is 0.149 e. The summed E-state index contributed by atoms with van der Waals surface area (Å²) in [5.41, 5.74) is 9.61. The topological polar surface area (TPSA) is 50.9 Å². The Morgan fingerprint density at radius 1 is 0.550 bits per heavy atom. The quantitative estimate of drug-likeness (QED) is 0.182. The number of nitrogens with zero attached hydrogens (tertiary/aromatic N) is 3. The Morgan fingerprint density at radius 3 is 1.92 bits per heavy atom. The van der Waals surface area contributed by atoms with Gasteiger partial charge < -0.3 is 5.11 Å². The second-order valence-corrected chi connectivity index (χ2v) is 19.0. The molecule has 0 unspecified atom stereocenters. The van der Waals surface area contributed by atoms with Crippen molar-refractivity contribution in [3.63, 3.8) is 0 Å². The lowest BCUT2D eigenvalue weighted by Crippen LogP contribution is -2.17. The zero-order valence-corrected chi connectivity index (χ0v) is 36.5. The van der Waals surface area contributed by atoms with Crippen LogP contribution in [0.3, 0.4) is 0 Å². The number of phenols is 1. The van der Waals surface area contributed by atoms with Crippen molar-refractivity contribution in [2.75, 3.05) is 0 Å². The molecule has 2 heterocycles. The molecule has 0 radical (unpaired) electrons. The predicted molar refractivity (Wildman–Crippen MR) is 253 cm³/mol. The Morgan fingerprint density at radius 2 is 1.23 bits per heavy atom. The van der Waals surface area contributed by atoms with E-state index in [4.69, 9.17) is 13.2 Å². The van der Waals surface area contributed by atoms with Gasteiger partial charge in [0.2, 0.25) is 0 Å². The second kappa shape index (κ2) is 15.1. The number of hydrogen-bond acceptors (Lipinski definition) is 3. The van der Waals surface area contributed by atoms with Crippen LogP contribution in [-0.2, 0) is 16.2 Å². The molecule has 0 fully saturated rings. The molecule has 0 amide bonds. The van der Waals surface area contributed by atoms with E-state index in [1.165, 1.54) is 6.92 Å². The first-order valence-corrected chi connectivity index (χ1v) is 20.6. The first-order chi connectivity index (χ1) is 31.3. The molecule has 8 aromatic rings. The van der Waals surface area contributed by atoms with Crippen LogP contribution in [0, 0.1) is 13.8 Å². The van der Waals surface area contributed by atoms with Crippen molar-refractivity contribution >= 4 is 11.0 Å². The zero-order valence-electron chi connectivity index (χ0n) is 43.5. The number of phenolic OH excluding ortho intramolecular Hbond substituents is 1. The Bertz CT molecular complexity index is 3270. The summed E-state index contributed by atoms with van der Waals surface area (Å²) in [7, 11) is 0. The van der Waals surface area contributed by atoms with Crippen LogP contribution in [0.5, 0.6) is 5.75 Å². The summed E-state index contributed by atoms with van der Waals surface area (Å²) in [4.78, 5) is 10.1. The summed E-state index contributed by atoms with van der Waals surface area (Å²) in [6.07, 6.45) is -0.453. The van der Waals surface area contributed by atoms with E-state index in [0.717, 1.165) is 55.7 Å². The molecule has 60 heavy (non-hydrogen) atoms. The molecule has 4 heteroatoms. The standard InChI is InChI=1S/C56H57N3O/c1-35-20-23-37(24-21-35)39-26-27-57-48(32-39)41-29-40(30-42(31-41)54(3,4)5)44-18-15-19-50-51(44)58-53(46-33-43(55(6,7)8)34-47(52(46)60)56(9,10)11)59(50)49-25-22-36(2)28-45(49)38-16-13-12-14-17-38/h12-34,60H,1-11H3/i20D,21D,23D,24D,26D,27D,32D. The van der Waals surface area contributed by atoms with E-state index in [1.807, 2.05) is 48.5 Å². The third-order valence-corrected chi connectivity index (χ3v) is 11.2. The molecular formula is C56H57N3O. The van der Waals surface area contributed by atoms with E-state index < -0.39 is 23.0 Å². The molecule has 0 spiro atoms. The molecule has 8 rings (SSSR count). The fraction of sp³-hybridized carbons (Fsp3) is 0.250. The van der Waals surface area contributed by atoms with E-state index in [1.54, 1.807) is 0 Å². The highest BCUT2D eigenvalue weighted by Crippen LogP contribution is 2.46. The number of fused-ring (bicyclic) bond motifs is 1. The monoisotopic (exact) mass is 794 g/mol. The lowest BCUT2D eigenvalue weighted by molar-refractivity contribution is 0.446. The molecule has 6 aromatic carbocycles. The number of imidazole rings is 1. The van der Waals surface area contributed by atoms with Gasteiger partial charge in [-0.25, -0.2) is 4.98 Å². The number of aromatic nitrogens is 3. The van der Waals surface area contributed by atoms with Gasteiger partial charge in [-0.1, -0.05) is 158 Å². The Hall–Kier alpha value is -6.26. The van der Waals surface area contributed by atoms with Gasteiger partial charge in [0.1, 0.15) is 11.6 Å². The molecule has 1 N–H and O–H groups in total. The van der Waals surface area contributed by atoms with Gasteiger partial charge in [-0.3, -0.25) is 9.55 Å². The second-order valence-electron chi connectivity index (χ2n) is 19.0. The van der Waals surface area contributed by atoms with Crippen LogP contribution in [-0.4, -0.2) is 19.6 Å². The van der Waals surface area contributed by atoms with E-state index in [9.17, 15) is 6.48 Å². The van der Waals surface area contributed by atoms with Gasteiger partial charge in [-0.15, -0.1) is 0 Å². The minimum absolute atomic E-state index is 0.0740. The van der Waals surface area contributed by atoms with Crippen LogP contribution in [0.15, 0.2) is 139 Å². The Labute approximate surface area is 366 Å². The van der Waals surface area contributed by atoms with Gasteiger partial charge in [0, 0.05) is 28.4 Å². The molecule has 0 bridgehead atoms. The van der Waals surface area contributed by atoms with Crippen LogP contribution in [0.1, 0.15) is 99.7 Å². The maximum absolute atomic E-state index is 12.5. The average Bonchev–Trinajstić information content (AvgIpc) is 3.65. The van der Waals surface area contributed by atoms with Crippen LogP contribution in [0.25, 0.3) is 72.7 Å². The summed E-state index contributed by atoms with van der Waals surface area (Å²) < 4.78 is 64.2. The van der Waals surface area contributed by atoms with Crippen molar-refractivity contribution in [1.82, 2.24) is 14.5 Å². The number of para-hydroxylation sites is 1. The van der Waals surface area contributed by atoms with Gasteiger partial charge in [-0.2, -0.15) is 0 Å². The third kappa shape index (κ3) is 7.79. The third-order valence-electron chi connectivity index (χ3n) is 11.2. The Balaban J connectivity index is 1.48. The van der Waals surface area contributed by atoms with Gasteiger partial charge in [0.15, 0.2) is 0 Å². The minimum Gasteiger partial charge on any atom is -0.507 e. The van der Waals surface area contributed by atoms with Crippen LogP contribution >= 0.6 is 0 Å². The maximum atomic E-state index is 12.5. The molecule has 4 nitrogen and oxygen atoms in total. The normalized spacial score (nSPS) is 13.9. The summed E-state index contributed by atoms with van der Waals surface area (Å²) in [5, 5.41) is 12.5. The lowest BCUT2D eigenvalue weighted by Gasteiger charge is -2.27. The fourth-order valence-corrected chi connectivity index (χ4v) is 7.69. The average molecular weight is 795 g/mol.